The molecular weight excluding hydrogens is 288 g/mol. The number of carbonyl (C=O) groups is 4. The average molecular weight is 312 g/mol. The second-order valence-electron chi connectivity index (χ2n) is 5.89. The highest BCUT2D eigenvalue weighted by Gasteiger charge is 2.29. The third kappa shape index (κ3) is 6.11. The van der Waals surface area contributed by atoms with E-state index in [1.165, 1.54) is 0 Å². The monoisotopic (exact) mass is 312 g/mol. The molecule has 8 heteroatoms. The molecule has 8 nitrogen and oxygen atoms in total. The van der Waals surface area contributed by atoms with Crippen LogP contribution in [0.15, 0.2) is 0 Å². The Morgan fingerprint density at radius 3 is 2.59 bits per heavy atom. The second-order valence-corrected chi connectivity index (χ2v) is 5.89. The number of primary amides is 1. The summed E-state index contributed by atoms with van der Waals surface area (Å²) in [5.74, 6) is -1.48. The van der Waals surface area contributed by atoms with Gasteiger partial charge in [0.1, 0.15) is 12.1 Å². The molecule has 5 N–H and O–H groups in total. The minimum atomic E-state index is -0.759. The van der Waals surface area contributed by atoms with Crippen molar-refractivity contribution in [3.8, 4) is 0 Å². The van der Waals surface area contributed by atoms with E-state index < -0.39 is 23.9 Å². The van der Waals surface area contributed by atoms with E-state index in [1.807, 2.05) is 13.8 Å². The fourth-order valence-corrected chi connectivity index (χ4v) is 2.27. The van der Waals surface area contributed by atoms with Gasteiger partial charge in [-0.25, -0.2) is 0 Å². The van der Waals surface area contributed by atoms with Crippen molar-refractivity contribution in [2.45, 2.75) is 51.6 Å². The summed E-state index contributed by atoms with van der Waals surface area (Å²) in [6, 6.07) is -1.37. The standard InChI is InChI=1S/C14H24N4O4/c1-8(2)6-10(13(21)16-7-11(15)19)18-14(22)9-4-3-5-12(20)17-9/h8-10H,3-7H2,1-2H3,(H2,15,19)(H,16,21)(H,17,20)(H,18,22)/t9-,10-/m0/s1. The number of carbonyl (C=O) groups excluding carboxylic acids is 4. The van der Waals surface area contributed by atoms with Crippen molar-refractivity contribution in [2.75, 3.05) is 6.54 Å². The summed E-state index contributed by atoms with van der Waals surface area (Å²) in [4.78, 5) is 46.3. The highest BCUT2D eigenvalue weighted by Crippen LogP contribution is 2.10. The van der Waals surface area contributed by atoms with Gasteiger partial charge in [0.15, 0.2) is 0 Å². The zero-order valence-electron chi connectivity index (χ0n) is 13.0. The predicted octanol–water partition coefficient (Wildman–Crippen LogP) is -1.21. The lowest BCUT2D eigenvalue weighted by atomic mass is 10.0. The molecule has 0 aromatic heterocycles. The Hall–Kier alpha value is -2.12. The van der Waals surface area contributed by atoms with Crippen molar-refractivity contribution in [1.29, 1.82) is 0 Å². The van der Waals surface area contributed by atoms with Crippen molar-refractivity contribution in [1.82, 2.24) is 16.0 Å². The SMILES string of the molecule is CC(C)C[C@H](NC(=O)[C@@H]1CCCC(=O)N1)C(=O)NCC(N)=O. The van der Waals surface area contributed by atoms with E-state index in [1.54, 1.807) is 0 Å². The van der Waals surface area contributed by atoms with Crippen molar-refractivity contribution in [3.63, 3.8) is 0 Å². The van der Waals surface area contributed by atoms with Crippen molar-refractivity contribution >= 4 is 23.6 Å². The summed E-state index contributed by atoms with van der Waals surface area (Å²) in [5, 5.41) is 7.64. The fraction of sp³-hybridized carbons (Fsp3) is 0.714. The Morgan fingerprint density at radius 1 is 1.36 bits per heavy atom. The van der Waals surface area contributed by atoms with Crippen molar-refractivity contribution in [2.24, 2.45) is 11.7 Å². The van der Waals surface area contributed by atoms with E-state index in [4.69, 9.17) is 5.73 Å². The molecule has 0 radical (unpaired) electrons. The first-order valence-electron chi connectivity index (χ1n) is 7.45. The maximum absolute atomic E-state index is 12.2. The van der Waals surface area contributed by atoms with Gasteiger partial charge in [-0.05, 0) is 25.2 Å². The molecule has 0 aromatic rings. The van der Waals surface area contributed by atoms with Crippen LogP contribution in [0.25, 0.3) is 0 Å². The van der Waals surface area contributed by atoms with Crippen LogP contribution in [0.1, 0.15) is 39.5 Å². The van der Waals surface area contributed by atoms with E-state index in [0.717, 1.165) is 0 Å². The zero-order valence-corrected chi connectivity index (χ0v) is 13.0. The van der Waals surface area contributed by atoms with Crippen LogP contribution >= 0.6 is 0 Å². The molecule has 1 rings (SSSR count). The lowest BCUT2D eigenvalue weighted by Gasteiger charge is -2.26. The van der Waals surface area contributed by atoms with Gasteiger partial charge in [0.25, 0.3) is 0 Å². The van der Waals surface area contributed by atoms with Gasteiger partial charge in [-0.3, -0.25) is 19.2 Å². The van der Waals surface area contributed by atoms with Crippen LogP contribution in [0.5, 0.6) is 0 Å². The molecular formula is C14H24N4O4. The van der Waals surface area contributed by atoms with Crippen LogP contribution in [0.2, 0.25) is 0 Å². The van der Waals surface area contributed by atoms with Gasteiger partial charge in [0.2, 0.25) is 23.6 Å². The quantitative estimate of drug-likeness (QED) is 0.469. The number of rotatable bonds is 7. The summed E-state index contributed by atoms with van der Waals surface area (Å²) in [5.41, 5.74) is 4.99. The molecule has 0 saturated carbocycles. The number of amides is 4. The molecule has 1 aliphatic rings. The third-order valence-corrected chi connectivity index (χ3v) is 3.33. The minimum absolute atomic E-state index is 0.162. The molecule has 0 spiro atoms. The number of nitrogens with one attached hydrogen (secondary N) is 3. The highest BCUT2D eigenvalue weighted by atomic mass is 16.2. The van der Waals surface area contributed by atoms with Crippen LogP contribution in [0, 0.1) is 5.92 Å². The molecule has 1 aliphatic heterocycles. The summed E-state index contributed by atoms with van der Waals surface area (Å²) in [7, 11) is 0. The van der Waals surface area contributed by atoms with Crippen molar-refractivity contribution in [3.05, 3.63) is 0 Å². The lowest BCUT2D eigenvalue weighted by molar-refractivity contribution is -0.134. The number of nitrogens with two attached hydrogens (primary N) is 1. The van der Waals surface area contributed by atoms with E-state index in [9.17, 15) is 19.2 Å². The molecule has 1 saturated heterocycles. The fourth-order valence-electron chi connectivity index (χ4n) is 2.27. The summed E-state index contributed by atoms with van der Waals surface area (Å²) in [6.07, 6.45) is 2.04. The first-order valence-corrected chi connectivity index (χ1v) is 7.45. The topological polar surface area (TPSA) is 130 Å². The second kappa shape index (κ2) is 8.35. The van der Waals surface area contributed by atoms with Crippen molar-refractivity contribution < 1.29 is 19.2 Å². The van der Waals surface area contributed by atoms with Crippen LogP contribution in [0.3, 0.4) is 0 Å². The molecule has 22 heavy (non-hydrogen) atoms. The van der Waals surface area contributed by atoms with E-state index in [2.05, 4.69) is 16.0 Å². The van der Waals surface area contributed by atoms with Crippen LogP contribution in [-0.4, -0.2) is 42.3 Å². The first-order chi connectivity index (χ1) is 10.3. The molecule has 2 atom stereocenters. The van der Waals surface area contributed by atoms with Gasteiger partial charge in [0, 0.05) is 6.42 Å². The normalized spacial score (nSPS) is 19.2. The van der Waals surface area contributed by atoms with E-state index in [0.29, 0.717) is 25.7 Å². The summed E-state index contributed by atoms with van der Waals surface area (Å²) < 4.78 is 0. The lowest BCUT2D eigenvalue weighted by Crippen LogP contribution is -2.55. The number of piperidine rings is 1. The minimum Gasteiger partial charge on any atom is -0.368 e. The Morgan fingerprint density at radius 2 is 2.05 bits per heavy atom. The van der Waals surface area contributed by atoms with Gasteiger partial charge in [-0.2, -0.15) is 0 Å². The third-order valence-electron chi connectivity index (χ3n) is 3.33. The summed E-state index contributed by atoms with van der Waals surface area (Å²) >= 11 is 0. The van der Waals surface area contributed by atoms with Gasteiger partial charge in [-0.1, -0.05) is 13.8 Å². The number of hydrogen-bond donors (Lipinski definition) is 4. The molecule has 0 unspecified atom stereocenters. The largest absolute Gasteiger partial charge is 0.368 e. The first kappa shape index (κ1) is 17.9. The molecule has 0 bridgehead atoms. The van der Waals surface area contributed by atoms with Gasteiger partial charge >= 0.3 is 0 Å². The molecule has 1 heterocycles. The molecule has 1 fully saturated rings. The van der Waals surface area contributed by atoms with Gasteiger partial charge in [0.05, 0.1) is 6.54 Å². The maximum atomic E-state index is 12.2. The summed E-state index contributed by atoms with van der Waals surface area (Å²) in [6.45, 7) is 3.56. The van der Waals surface area contributed by atoms with E-state index in [-0.39, 0.29) is 24.3 Å². The number of hydrogen-bond acceptors (Lipinski definition) is 4. The Bertz CT molecular complexity index is 450. The average Bonchev–Trinajstić information content (AvgIpc) is 2.43. The Kier molecular flexibility index (Phi) is 6.81. The smallest absolute Gasteiger partial charge is 0.243 e. The van der Waals surface area contributed by atoms with Crippen LogP contribution in [0.4, 0.5) is 0 Å². The van der Waals surface area contributed by atoms with Crippen LogP contribution < -0.4 is 21.7 Å². The van der Waals surface area contributed by atoms with Crippen LogP contribution in [-0.2, 0) is 19.2 Å². The molecule has 124 valence electrons. The predicted molar refractivity (Wildman–Crippen MR) is 79.4 cm³/mol. The maximum Gasteiger partial charge on any atom is 0.243 e. The van der Waals surface area contributed by atoms with Gasteiger partial charge in [-0.15, -0.1) is 0 Å². The zero-order chi connectivity index (χ0) is 16.7. The Labute approximate surface area is 129 Å². The van der Waals surface area contributed by atoms with Gasteiger partial charge < -0.3 is 21.7 Å². The molecule has 4 amide bonds. The molecule has 0 aliphatic carbocycles. The molecule has 0 aromatic carbocycles. The Balaban J connectivity index is 2.62. The van der Waals surface area contributed by atoms with E-state index >= 15 is 0 Å². The highest BCUT2D eigenvalue weighted by molar-refractivity contribution is 5.93.